The molecule has 0 saturated carbocycles. The second-order valence-electron chi connectivity index (χ2n) is 11.1. The molecule has 1 radical (unpaired) electrons. The normalized spacial score (nSPS) is 10.9. The molecule has 0 atom stereocenters. The standard InChI is InChI=1S/C32H22N4.C4H10O.C2H3N.2CHF3O3S.Mn/c1-3-13-25(27-17-9-19-31(35-27)29-15-5-7-21-33-29)23(11-1)24-12-2-4-14-26(24)28-18-10-20-32(36-28)30-16-6-8-22-34-30;1-3-5-4-2;1-2-3;2*2-1(3,4)8(5,6)7;/h1-22H;3-4H2,1-2H3;1H3;2*(H,5,6,7);/q;;;;;+2/p-2. The van der Waals surface area contributed by atoms with E-state index in [4.69, 9.17) is 45.9 Å². The summed E-state index contributed by atoms with van der Waals surface area (Å²) in [5.41, 5.74) is -1.76. The van der Waals surface area contributed by atoms with Gasteiger partial charge in [-0.25, -0.2) is 26.8 Å². The molecule has 0 saturated heterocycles. The van der Waals surface area contributed by atoms with Crippen LogP contribution < -0.4 is 0 Å². The van der Waals surface area contributed by atoms with Crippen molar-refractivity contribution in [3.8, 4) is 62.5 Å². The number of halogens is 6. The van der Waals surface area contributed by atoms with Crippen molar-refractivity contribution in [1.29, 1.82) is 5.26 Å². The fraction of sp³-hybridized carbons (Fsp3) is 0.175. The summed E-state index contributed by atoms with van der Waals surface area (Å²) in [5.74, 6) is 0. The molecule has 0 N–H and O–H groups in total. The zero-order chi connectivity index (χ0) is 45.0. The van der Waals surface area contributed by atoms with Crippen LogP contribution in [0.4, 0.5) is 26.3 Å². The third kappa shape index (κ3) is 17.5. The van der Waals surface area contributed by atoms with Crippen molar-refractivity contribution in [1.82, 2.24) is 19.9 Å². The van der Waals surface area contributed by atoms with Crippen molar-refractivity contribution in [2.45, 2.75) is 31.8 Å². The van der Waals surface area contributed by atoms with E-state index in [0.29, 0.717) is 0 Å². The van der Waals surface area contributed by atoms with E-state index >= 15 is 0 Å². The molecule has 0 amide bonds. The van der Waals surface area contributed by atoms with E-state index in [0.717, 1.165) is 69.6 Å². The van der Waals surface area contributed by atoms with Crippen LogP contribution in [-0.4, -0.2) is 70.1 Å². The number of hydrogen-bond donors (Lipinski definition) is 0. The predicted molar refractivity (Wildman–Crippen MR) is 210 cm³/mol. The van der Waals surface area contributed by atoms with Gasteiger partial charge in [-0.1, -0.05) is 72.8 Å². The Balaban J connectivity index is 0.000000613. The first kappa shape index (κ1) is 53.4. The number of ether oxygens (including phenoxy) is 1. The molecule has 0 bridgehead atoms. The number of pyridine rings is 4. The molecular weight excluding hydrogens is 896 g/mol. The molecule has 0 aliphatic heterocycles. The van der Waals surface area contributed by atoms with E-state index in [9.17, 15) is 26.3 Å². The Morgan fingerprint density at radius 1 is 0.525 bits per heavy atom. The molecule has 0 aliphatic carbocycles. The van der Waals surface area contributed by atoms with Crippen LogP contribution in [0.3, 0.4) is 0 Å². The van der Waals surface area contributed by atoms with Crippen LogP contribution in [-0.2, 0) is 42.0 Å². The Hall–Kier alpha value is -5.59. The number of nitriles is 1. The first-order valence-corrected chi connectivity index (χ1v) is 19.9. The Labute approximate surface area is 359 Å². The van der Waals surface area contributed by atoms with Gasteiger partial charge in [-0.15, -0.1) is 0 Å². The summed E-state index contributed by atoms with van der Waals surface area (Å²) in [6, 6.07) is 42.4. The van der Waals surface area contributed by atoms with Crippen molar-refractivity contribution in [3.05, 3.63) is 134 Å². The van der Waals surface area contributed by atoms with Crippen LogP contribution in [0, 0.1) is 11.3 Å². The first-order chi connectivity index (χ1) is 28.2. The predicted octanol–water partition coefficient (Wildman–Crippen LogP) is 9.27. The fourth-order valence-corrected chi connectivity index (χ4v) is 4.57. The Morgan fingerprint density at radius 3 is 1.03 bits per heavy atom. The minimum atomic E-state index is -6.09. The molecule has 12 nitrogen and oxygen atoms in total. The molecule has 323 valence electrons. The molecule has 0 fully saturated rings. The van der Waals surface area contributed by atoms with Crippen molar-refractivity contribution in [3.63, 3.8) is 0 Å². The summed E-state index contributed by atoms with van der Waals surface area (Å²) < 4.78 is 123. The van der Waals surface area contributed by atoms with E-state index in [1.54, 1.807) is 18.5 Å². The van der Waals surface area contributed by atoms with Crippen LogP contribution in [0.25, 0.3) is 56.4 Å². The molecule has 6 rings (SSSR count). The zero-order valence-electron chi connectivity index (χ0n) is 32.2. The van der Waals surface area contributed by atoms with E-state index in [1.807, 2.05) is 86.6 Å². The summed E-state index contributed by atoms with van der Waals surface area (Å²) in [5, 5.41) is 7.32. The summed E-state index contributed by atoms with van der Waals surface area (Å²) >= 11 is 0. The molecule has 4 heterocycles. The summed E-state index contributed by atoms with van der Waals surface area (Å²) in [4.78, 5) is 18.9. The van der Waals surface area contributed by atoms with Gasteiger partial charge in [0.05, 0.1) is 40.2 Å². The SMILES string of the molecule is CC#N.CCOCC.O=S(=O)([O-])C(F)(F)F.O=S(=O)([O-])C(F)(F)F.[Mn+2].c1ccc(-c2cccc(-c3ccccc3-c3ccccc3-c3cccc(-c4ccccn4)n3)n2)nc1. The van der Waals surface area contributed by atoms with E-state index in [-0.39, 0.29) is 17.1 Å². The monoisotopic (exact) mass is 930 g/mol. The fourth-order valence-electron chi connectivity index (χ4n) is 4.57. The van der Waals surface area contributed by atoms with Crippen LogP contribution in [0.1, 0.15) is 20.8 Å². The number of alkyl halides is 6. The van der Waals surface area contributed by atoms with Crippen LogP contribution in [0.2, 0.25) is 0 Å². The van der Waals surface area contributed by atoms with Gasteiger partial charge in [0, 0.05) is 43.7 Å². The van der Waals surface area contributed by atoms with Crippen molar-refractivity contribution >= 4 is 20.2 Å². The van der Waals surface area contributed by atoms with Gasteiger partial charge < -0.3 is 13.8 Å². The van der Waals surface area contributed by atoms with Gasteiger partial charge in [0.2, 0.25) is 0 Å². The van der Waals surface area contributed by atoms with E-state index in [2.05, 4.69) is 58.5 Å². The quantitative estimate of drug-likeness (QED) is 0.0637. The third-order valence-corrected chi connectivity index (χ3v) is 8.16. The molecule has 0 spiro atoms. The molecule has 2 aromatic carbocycles. The third-order valence-electron chi connectivity index (χ3n) is 7.02. The van der Waals surface area contributed by atoms with E-state index < -0.39 is 31.3 Å². The number of hydrogen-bond acceptors (Lipinski definition) is 12. The van der Waals surface area contributed by atoms with Crippen molar-refractivity contribution in [2.75, 3.05) is 13.2 Å². The minimum absolute atomic E-state index is 0. The van der Waals surface area contributed by atoms with Gasteiger partial charge in [-0.05, 0) is 73.5 Å². The number of aromatic nitrogens is 4. The topological polar surface area (TPSA) is 199 Å². The van der Waals surface area contributed by atoms with Crippen LogP contribution >= 0.6 is 0 Å². The Morgan fingerprint density at radius 2 is 0.787 bits per heavy atom. The Kier molecular flexibility index (Phi) is 22.1. The Bertz CT molecular complexity index is 2350. The van der Waals surface area contributed by atoms with Gasteiger partial charge in [-0.3, -0.25) is 9.97 Å². The van der Waals surface area contributed by atoms with Gasteiger partial charge in [0.15, 0.2) is 20.2 Å². The molecule has 0 aliphatic rings. The average Bonchev–Trinajstić information content (AvgIpc) is 3.21. The molecule has 21 heteroatoms. The largest absolute Gasteiger partial charge is 2.00 e. The molecule has 4 aromatic heterocycles. The smallest absolute Gasteiger partial charge is 0.741 e. The first-order valence-electron chi connectivity index (χ1n) is 17.1. The minimum Gasteiger partial charge on any atom is -0.741 e. The maximum absolute atomic E-state index is 10.7. The molecule has 61 heavy (non-hydrogen) atoms. The van der Waals surface area contributed by atoms with E-state index in [1.165, 1.54) is 6.92 Å². The van der Waals surface area contributed by atoms with Gasteiger partial charge in [-0.2, -0.15) is 31.6 Å². The second kappa shape index (κ2) is 25.2. The summed E-state index contributed by atoms with van der Waals surface area (Å²) in [7, 11) is -12.2. The van der Waals surface area contributed by atoms with Crippen LogP contribution in [0.15, 0.2) is 134 Å². The van der Waals surface area contributed by atoms with Crippen molar-refractivity contribution < 1.29 is 74.1 Å². The summed E-state index contributed by atoms with van der Waals surface area (Å²) in [6.45, 7) is 7.10. The maximum Gasteiger partial charge on any atom is 2.00 e. The summed E-state index contributed by atoms with van der Waals surface area (Å²) in [6.07, 6.45) is 3.58. The molecular formula is C40H35F6MnN5O7S2. The number of rotatable bonds is 7. The maximum atomic E-state index is 10.7. The van der Waals surface area contributed by atoms with Crippen LogP contribution in [0.5, 0.6) is 0 Å². The van der Waals surface area contributed by atoms with Gasteiger partial charge in [0.1, 0.15) is 0 Å². The van der Waals surface area contributed by atoms with Gasteiger partial charge >= 0.3 is 28.1 Å². The zero-order valence-corrected chi connectivity index (χ0v) is 35.0. The molecule has 6 aromatic rings. The number of nitrogens with zero attached hydrogens (tertiary/aromatic N) is 5. The average molecular weight is 931 g/mol. The van der Waals surface area contributed by atoms with Gasteiger partial charge in [0.25, 0.3) is 0 Å². The second-order valence-corrected chi connectivity index (χ2v) is 13.9. The molecule has 0 unspecified atom stereocenters. The number of benzene rings is 2. The van der Waals surface area contributed by atoms with Crippen molar-refractivity contribution in [2.24, 2.45) is 0 Å².